The largest absolute Gasteiger partial charge is 0.310 e. The van der Waals surface area contributed by atoms with E-state index >= 15 is 0 Å². The van der Waals surface area contributed by atoms with E-state index in [1.54, 1.807) is 0 Å². The van der Waals surface area contributed by atoms with Gasteiger partial charge in [0.1, 0.15) is 0 Å². The molecule has 3 saturated carbocycles. The molecule has 1 nitrogen and oxygen atoms in total. The van der Waals surface area contributed by atoms with Crippen molar-refractivity contribution < 1.29 is 0 Å². The van der Waals surface area contributed by atoms with Gasteiger partial charge in [-0.3, -0.25) is 0 Å². The lowest BCUT2D eigenvalue weighted by atomic mass is 9.83. The number of thiophene rings is 1. The number of nitrogens with zero attached hydrogens (tertiary/aromatic N) is 1. The number of hydrogen-bond acceptors (Lipinski definition) is 2. The van der Waals surface area contributed by atoms with E-state index in [1.807, 2.05) is 11.3 Å². The van der Waals surface area contributed by atoms with Gasteiger partial charge >= 0.3 is 0 Å². The van der Waals surface area contributed by atoms with Gasteiger partial charge in [-0.2, -0.15) is 0 Å². The zero-order valence-corrected chi connectivity index (χ0v) is 32.3. The molecule has 0 spiro atoms. The third-order valence-electron chi connectivity index (χ3n) is 13.5. The zero-order chi connectivity index (χ0) is 36.3. The first-order valence-corrected chi connectivity index (χ1v) is 21.6. The molecule has 7 aromatic carbocycles. The van der Waals surface area contributed by atoms with Crippen molar-refractivity contribution in [2.75, 3.05) is 4.90 Å². The average Bonchev–Trinajstić information content (AvgIpc) is 4.00. The first-order valence-electron chi connectivity index (χ1n) is 20.8. The maximum absolute atomic E-state index is 2.59. The maximum atomic E-state index is 2.59. The second kappa shape index (κ2) is 13.8. The third-order valence-corrected chi connectivity index (χ3v) is 14.7. The van der Waals surface area contributed by atoms with Crippen molar-refractivity contribution in [2.24, 2.45) is 11.8 Å². The molecule has 3 aliphatic carbocycles. The Morgan fingerprint density at radius 3 is 2.04 bits per heavy atom. The molecule has 55 heavy (non-hydrogen) atoms. The number of rotatable bonds is 7. The Kier molecular flexibility index (Phi) is 8.35. The second-order valence-electron chi connectivity index (χ2n) is 16.7. The fraction of sp³-hybridized carbons (Fsp3) is 0.245. The topological polar surface area (TPSA) is 3.24 Å². The zero-order valence-electron chi connectivity index (χ0n) is 31.5. The lowest BCUT2D eigenvalue weighted by Gasteiger charge is -2.29. The molecule has 2 bridgehead atoms. The van der Waals surface area contributed by atoms with E-state index in [9.17, 15) is 0 Å². The number of fused-ring (bicyclic) bond motifs is 6. The van der Waals surface area contributed by atoms with Gasteiger partial charge in [0.2, 0.25) is 0 Å². The Morgan fingerprint density at radius 1 is 0.491 bits per heavy atom. The van der Waals surface area contributed by atoms with E-state index in [2.05, 4.69) is 157 Å². The molecule has 8 aromatic rings. The summed E-state index contributed by atoms with van der Waals surface area (Å²) >= 11 is 1.98. The van der Waals surface area contributed by atoms with Crippen LogP contribution in [0.15, 0.2) is 152 Å². The molecule has 3 unspecified atom stereocenters. The predicted octanol–water partition coefficient (Wildman–Crippen LogP) is 16.0. The highest BCUT2D eigenvalue weighted by Crippen LogP contribution is 2.55. The van der Waals surface area contributed by atoms with Crippen molar-refractivity contribution in [1.82, 2.24) is 0 Å². The van der Waals surface area contributed by atoms with Crippen LogP contribution in [0.25, 0.3) is 53.2 Å². The fourth-order valence-corrected chi connectivity index (χ4v) is 11.9. The molecule has 0 amide bonds. The Hall–Kier alpha value is -5.18. The van der Waals surface area contributed by atoms with Crippen LogP contribution in [-0.2, 0) is 0 Å². The molecule has 0 saturated heterocycles. The standard InChI is InChI=1S/C53H47NS/c1-3-10-36(11-4-1)37-20-22-38(23-21-37)41-26-29-51-49(32-41)53-50(33-43(34-52(53)55-51)48-31-35-18-19-42(48)30-35)54(44-14-5-2-6-15-44)45-27-24-40(25-28-45)47-17-9-13-39-12-7-8-16-46(39)47/h2,5-9,12-17,20-29,32-36,42,48H,1,3-4,10-11,18-19,30-31H2. The normalized spacial score (nSPS) is 19.8. The Bertz CT molecular complexity index is 2640. The van der Waals surface area contributed by atoms with Gasteiger partial charge in [0.15, 0.2) is 0 Å². The van der Waals surface area contributed by atoms with Crippen LogP contribution >= 0.6 is 11.3 Å². The Morgan fingerprint density at radius 2 is 1.24 bits per heavy atom. The van der Waals surface area contributed by atoms with Gasteiger partial charge in [-0.05, 0) is 148 Å². The summed E-state index contributed by atoms with van der Waals surface area (Å²) in [6.45, 7) is 0. The van der Waals surface area contributed by atoms with Crippen LogP contribution in [0.1, 0.15) is 80.8 Å². The summed E-state index contributed by atoms with van der Waals surface area (Å²) in [7, 11) is 0. The Labute approximate surface area is 329 Å². The SMILES string of the molecule is c1ccc(N(c2ccc(-c3cccc4ccccc34)cc2)c2cc(C3CC4CCC3C4)cc3sc4ccc(-c5ccc(C6CCCCC6)cc5)cc4c23)cc1. The van der Waals surface area contributed by atoms with E-state index in [-0.39, 0.29) is 0 Å². The van der Waals surface area contributed by atoms with Crippen LogP contribution in [0.2, 0.25) is 0 Å². The van der Waals surface area contributed by atoms with Crippen LogP contribution < -0.4 is 4.90 Å². The smallest absolute Gasteiger partial charge is 0.0557 e. The van der Waals surface area contributed by atoms with E-state index in [1.165, 1.54) is 139 Å². The average molecular weight is 730 g/mol. The van der Waals surface area contributed by atoms with E-state index < -0.39 is 0 Å². The lowest BCUT2D eigenvalue weighted by Crippen LogP contribution is -2.13. The van der Waals surface area contributed by atoms with Gasteiger partial charge in [0, 0.05) is 31.5 Å². The second-order valence-corrected chi connectivity index (χ2v) is 17.8. The fourth-order valence-electron chi connectivity index (χ4n) is 10.8. The van der Waals surface area contributed by atoms with Crippen molar-refractivity contribution in [3.8, 4) is 22.3 Å². The summed E-state index contributed by atoms with van der Waals surface area (Å²) in [6.07, 6.45) is 12.4. The van der Waals surface area contributed by atoms with Gasteiger partial charge in [-0.15, -0.1) is 11.3 Å². The summed E-state index contributed by atoms with van der Waals surface area (Å²) in [6, 6.07) is 57.8. The number of anilines is 3. The molecule has 1 aromatic heterocycles. The van der Waals surface area contributed by atoms with Gasteiger partial charge < -0.3 is 4.90 Å². The van der Waals surface area contributed by atoms with Gasteiger partial charge in [-0.25, -0.2) is 0 Å². The molecule has 0 aliphatic heterocycles. The minimum absolute atomic E-state index is 0.650. The highest BCUT2D eigenvalue weighted by molar-refractivity contribution is 7.26. The van der Waals surface area contributed by atoms with Crippen molar-refractivity contribution in [1.29, 1.82) is 0 Å². The minimum Gasteiger partial charge on any atom is -0.310 e. The summed E-state index contributed by atoms with van der Waals surface area (Å²) in [5.74, 6) is 3.09. The van der Waals surface area contributed by atoms with Crippen molar-refractivity contribution in [2.45, 2.75) is 69.6 Å². The van der Waals surface area contributed by atoms with E-state index in [0.29, 0.717) is 5.92 Å². The molecule has 1 heterocycles. The highest BCUT2D eigenvalue weighted by atomic mass is 32.1. The molecule has 3 fully saturated rings. The molecule has 2 heteroatoms. The first kappa shape index (κ1) is 33.2. The van der Waals surface area contributed by atoms with Crippen LogP contribution in [0.3, 0.4) is 0 Å². The number of hydrogen-bond donors (Lipinski definition) is 0. The number of para-hydroxylation sites is 1. The third kappa shape index (κ3) is 5.98. The minimum atomic E-state index is 0.650. The summed E-state index contributed by atoms with van der Waals surface area (Å²) in [4.78, 5) is 2.55. The predicted molar refractivity (Wildman–Crippen MR) is 236 cm³/mol. The van der Waals surface area contributed by atoms with Gasteiger partial charge in [0.05, 0.1) is 5.69 Å². The van der Waals surface area contributed by atoms with Gasteiger partial charge in [0.25, 0.3) is 0 Å². The summed E-state index contributed by atoms with van der Waals surface area (Å²) in [5.41, 5.74) is 11.9. The van der Waals surface area contributed by atoms with Crippen molar-refractivity contribution >= 4 is 59.3 Å². The molecular weight excluding hydrogens is 683 g/mol. The molecular formula is C53H47NS. The van der Waals surface area contributed by atoms with E-state index in [0.717, 1.165) is 17.8 Å². The number of benzene rings is 7. The lowest BCUT2D eigenvalue weighted by molar-refractivity contribution is 0.420. The van der Waals surface area contributed by atoms with Crippen LogP contribution in [0.5, 0.6) is 0 Å². The van der Waals surface area contributed by atoms with Crippen LogP contribution in [-0.4, -0.2) is 0 Å². The quantitative estimate of drug-likeness (QED) is 0.158. The molecule has 270 valence electrons. The molecule has 0 N–H and O–H groups in total. The molecule has 11 rings (SSSR count). The monoisotopic (exact) mass is 729 g/mol. The Balaban J connectivity index is 1.07. The maximum Gasteiger partial charge on any atom is 0.0557 e. The van der Waals surface area contributed by atoms with Crippen molar-refractivity contribution in [3.05, 3.63) is 163 Å². The van der Waals surface area contributed by atoms with Gasteiger partial charge in [-0.1, -0.05) is 129 Å². The van der Waals surface area contributed by atoms with E-state index in [4.69, 9.17) is 0 Å². The molecule has 3 aliphatic rings. The summed E-state index contributed by atoms with van der Waals surface area (Å²) < 4.78 is 2.77. The summed E-state index contributed by atoms with van der Waals surface area (Å²) in [5, 5.41) is 5.30. The van der Waals surface area contributed by atoms with Crippen LogP contribution in [0.4, 0.5) is 17.1 Å². The highest BCUT2D eigenvalue weighted by Gasteiger charge is 2.40. The van der Waals surface area contributed by atoms with Crippen LogP contribution in [0, 0.1) is 11.8 Å². The van der Waals surface area contributed by atoms with Crippen molar-refractivity contribution in [3.63, 3.8) is 0 Å². The molecule has 0 radical (unpaired) electrons. The molecule has 3 atom stereocenters. The first-order chi connectivity index (χ1) is 27.2.